The van der Waals surface area contributed by atoms with Crippen molar-refractivity contribution >= 4 is 0 Å². The summed E-state index contributed by atoms with van der Waals surface area (Å²) in [5.74, 6) is 1.69. The molecule has 0 aromatic heterocycles. The van der Waals surface area contributed by atoms with Crippen molar-refractivity contribution in [2.75, 3.05) is 13.2 Å². The zero-order chi connectivity index (χ0) is 11.4. The van der Waals surface area contributed by atoms with Gasteiger partial charge >= 0.3 is 0 Å². The van der Waals surface area contributed by atoms with Crippen molar-refractivity contribution in [2.24, 2.45) is 11.8 Å². The molecule has 1 aliphatic heterocycles. The van der Waals surface area contributed by atoms with Crippen LogP contribution in [0, 0.1) is 11.8 Å². The molecule has 94 valence electrons. The van der Waals surface area contributed by atoms with E-state index < -0.39 is 0 Å². The van der Waals surface area contributed by atoms with Crippen LogP contribution in [0.25, 0.3) is 0 Å². The van der Waals surface area contributed by atoms with Crippen molar-refractivity contribution in [3.05, 3.63) is 0 Å². The van der Waals surface area contributed by atoms with Gasteiger partial charge in [-0.25, -0.2) is 0 Å². The third kappa shape index (κ3) is 2.60. The summed E-state index contributed by atoms with van der Waals surface area (Å²) >= 11 is 0. The van der Waals surface area contributed by atoms with Crippen LogP contribution in [0.15, 0.2) is 0 Å². The number of rotatable bonds is 4. The number of ether oxygens (including phenoxy) is 2. The quantitative estimate of drug-likeness (QED) is 0.727. The van der Waals surface area contributed by atoms with Crippen LogP contribution in [0.4, 0.5) is 0 Å². The standard InChI is InChI=1S/C14H26O2/c1-3-5-12(4-2)13-6-8-14(9-7-13)15-10-11-16-14/h12-13H,3-11H2,1-2H3. The molecule has 2 heteroatoms. The van der Waals surface area contributed by atoms with E-state index in [2.05, 4.69) is 13.8 Å². The zero-order valence-electron chi connectivity index (χ0n) is 10.8. The Kier molecular flexibility index (Phi) is 4.26. The maximum atomic E-state index is 5.78. The second-order valence-corrected chi connectivity index (χ2v) is 5.40. The largest absolute Gasteiger partial charge is 0.348 e. The van der Waals surface area contributed by atoms with Gasteiger partial charge in [0.25, 0.3) is 0 Å². The van der Waals surface area contributed by atoms with Crippen LogP contribution >= 0.6 is 0 Å². The summed E-state index contributed by atoms with van der Waals surface area (Å²) in [7, 11) is 0. The zero-order valence-corrected chi connectivity index (χ0v) is 10.8. The molecule has 0 amide bonds. The molecule has 0 bridgehead atoms. The summed E-state index contributed by atoms with van der Waals surface area (Å²) in [5, 5.41) is 0. The van der Waals surface area contributed by atoms with Gasteiger partial charge in [-0.05, 0) is 24.7 Å². The highest BCUT2D eigenvalue weighted by atomic mass is 16.7. The van der Waals surface area contributed by atoms with Gasteiger partial charge in [0.15, 0.2) is 5.79 Å². The third-order valence-electron chi connectivity index (χ3n) is 4.46. The Morgan fingerprint density at radius 2 is 1.75 bits per heavy atom. The van der Waals surface area contributed by atoms with Crippen molar-refractivity contribution in [2.45, 2.75) is 64.6 Å². The molecule has 0 radical (unpaired) electrons. The van der Waals surface area contributed by atoms with Crippen molar-refractivity contribution in [1.29, 1.82) is 0 Å². The van der Waals surface area contributed by atoms with Gasteiger partial charge < -0.3 is 9.47 Å². The first kappa shape index (κ1) is 12.4. The summed E-state index contributed by atoms with van der Waals surface area (Å²) in [6, 6.07) is 0. The monoisotopic (exact) mass is 226 g/mol. The van der Waals surface area contributed by atoms with Gasteiger partial charge in [-0.3, -0.25) is 0 Å². The average Bonchev–Trinajstić information content (AvgIpc) is 2.76. The lowest BCUT2D eigenvalue weighted by Gasteiger charge is -2.38. The first-order chi connectivity index (χ1) is 7.79. The normalized spacial score (nSPS) is 27.4. The lowest BCUT2D eigenvalue weighted by Crippen LogP contribution is -2.36. The molecule has 1 heterocycles. The van der Waals surface area contributed by atoms with Crippen LogP contribution in [-0.2, 0) is 9.47 Å². The average molecular weight is 226 g/mol. The minimum Gasteiger partial charge on any atom is -0.348 e. The topological polar surface area (TPSA) is 18.5 Å². The van der Waals surface area contributed by atoms with Gasteiger partial charge in [-0.15, -0.1) is 0 Å². The summed E-state index contributed by atoms with van der Waals surface area (Å²) in [6.07, 6.45) is 8.92. The predicted molar refractivity (Wildman–Crippen MR) is 65.3 cm³/mol. The molecule has 2 rings (SSSR count). The Hall–Kier alpha value is -0.0800. The van der Waals surface area contributed by atoms with Crippen molar-refractivity contribution in [3.63, 3.8) is 0 Å². The van der Waals surface area contributed by atoms with Gasteiger partial charge in [0.1, 0.15) is 0 Å². The van der Waals surface area contributed by atoms with Crippen LogP contribution in [0.3, 0.4) is 0 Å². The molecule has 2 aliphatic rings. The molecule has 0 N–H and O–H groups in total. The van der Waals surface area contributed by atoms with E-state index in [0.717, 1.165) is 37.9 Å². The first-order valence-electron chi connectivity index (χ1n) is 7.07. The van der Waals surface area contributed by atoms with E-state index in [4.69, 9.17) is 9.47 Å². The van der Waals surface area contributed by atoms with Crippen LogP contribution in [0.2, 0.25) is 0 Å². The molecule has 1 aliphatic carbocycles. The SMILES string of the molecule is CCCC(CC)C1CCC2(CC1)OCCO2. The Morgan fingerprint density at radius 1 is 1.12 bits per heavy atom. The molecule has 1 unspecified atom stereocenters. The Morgan fingerprint density at radius 3 is 2.25 bits per heavy atom. The van der Waals surface area contributed by atoms with Gasteiger partial charge in [0.05, 0.1) is 13.2 Å². The van der Waals surface area contributed by atoms with Gasteiger partial charge in [0.2, 0.25) is 0 Å². The Labute approximate surface area is 99.7 Å². The molecule has 1 saturated carbocycles. The number of hydrogen-bond acceptors (Lipinski definition) is 2. The van der Waals surface area contributed by atoms with Gasteiger partial charge in [-0.2, -0.15) is 0 Å². The number of hydrogen-bond donors (Lipinski definition) is 0. The summed E-state index contributed by atoms with van der Waals surface area (Å²) < 4.78 is 11.6. The summed E-state index contributed by atoms with van der Waals surface area (Å²) in [5.41, 5.74) is 0. The molecule has 1 atom stereocenters. The second-order valence-electron chi connectivity index (χ2n) is 5.40. The molecule has 16 heavy (non-hydrogen) atoms. The highest BCUT2D eigenvalue weighted by Crippen LogP contribution is 2.42. The minimum atomic E-state index is -0.166. The Balaban J connectivity index is 1.83. The lowest BCUT2D eigenvalue weighted by molar-refractivity contribution is -0.185. The highest BCUT2D eigenvalue weighted by molar-refractivity contribution is 4.84. The van der Waals surface area contributed by atoms with Crippen LogP contribution < -0.4 is 0 Å². The van der Waals surface area contributed by atoms with Crippen molar-refractivity contribution in [1.82, 2.24) is 0 Å². The van der Waals surface area contributed by atoms with Gasteiger partial charge in [-0.1, -0.05) is 33.1 Å². The maximum Gasteiger partial charge on any atom is 0.168 e. The molecule has 2 nitrogen and oxygen atoms in total. The summed E-state index contributed by atoms with van der Waals surface area (Å²) in [6.45, 7) is 6.25. The van der Waals surface area contributed by atoms with Crippen LogP contribution in [0.5, 0.6) is 0 Å². The van der Waals surface area contributed by atoms with E-state index in [1.807, 2.05) is 0 Å². The van der Waals surface area contributed by atoms with Gasteiger partial charge in [0, 0.05) is 12.8 Å². The predicted octanol–water partition coefficient (Wildman–Crippen LogP) is 3.75. The minimum absolute atomic E-state index is 0.166. The van der Waals surface area contributed by atoms with E-state index in [1.54, 1.807) is 0 Å². The van der Waals surface area contributed by atoms with Crippen molar-refractivity contribution in [3.8, 4) is 0 Å². The van der Waals surface area contributed by atoms with Crippen LogP contribution in [-0.4, -0.2) is 19.0 Å². The molecule has 1 spiro atoms. The maximum absolute atomic E-state index is 5.78. The fourth-order valence-electron chi connectivity index (χ4n) is 3.48. The fraction of sp³-hybridized carbons (Fsp3) is 1.00. The molecular formula is C14H26O2. The van der Waals surface area contributed by atoms with E-state index >= 15 is 0 Å². The third-order valence-corrected chi connectivity index (χ3v) is 4.46. The Bertz CT molecular complexity index is 199. The molecule has 1 saturated heterocycles. The van der Waals surface area contributed by atoms with Crippen molar-refractivity contribution < 1.29 is 9.47 Å². The van der Waals surface area contributed by atoms with E-state index in [0.29, 0.717) is 0 Å². The lowest BCUT2D eigenvalue weighted by atomic mass is 9.75. The molecular weight excluding hydrogens is 200 g/mol. The molecule has 0 aromatic rings. The van der Waals surface area contributed by atoms with E-state index in [1.165, 1.54) is 32.1 Å². The first-order valence-corrected chi connectivity index (χ1v) is 7.07. The summed E-state index contributed by atoms with van der Waals surface area (Å²) in [4.78, 5) is 0. The smallest absolute Gasteiger partial charge is 0.168 e. The second kappa shape index (κ2) is 5.50. The molecule has 2 fully saturated rings. The van der Waals surface area contributed by atoms with Crippen LogP contribution in [0.1, 0.15) is 58.8 Å². The van der Waals surface area contributed by atoms with E-state index in [9.17, 15) is 0 Å². The highest BCUT2D eigenvalue weighted by Gasteiger charge is 2.41. The van der Waals surface area contributed by atoms with E-state index in [-0.39, 0.29) is 5.79 Å². The fourth-order valence-corrected chi connectivity index (χ4v) is 3.48. The molecule has 0 aromatic carbocycles.